The lowest BCUT2D eigenvalue weighted by atomic mass is 10.1. The summed E-state index contributed by atoms with van der Waals surface area (Å²) in [6.07, 6.45) is 2.02. The quantitative estimate of drug-likeness (QED) is 0.511. The van der Waals surface area contributed by atoms with E-state index < -0.39 is 5.97 Å². The molecule has 1 heterocycles. The van der Waals surface area contributed by atoms with Crippen LogP contribution in [0.2, 0.25) is 0 Å². The summed E-state index contributed by atoms with van der Waals surface area (Å²) >= 11 is 0. The fraction of sp³-hybridized carbons (Fsp3) is 0.346. The highest BCUT2D eigenvalue weighted by Crippen LogP contribution is 2.24. The van der Waals surface area contributed by atoms with Crippen LogP contribution in [0.5, 0.6) is 0 Å². The minimum absolute atomic E-state index is 0.298. The molecule has 30 heavy (non-hydrogen) atoms. The third-order valence-corrected chi connectivity index (χ3v) is 5.92. The van der Waals surface area contributed by atoms with E-state index in [1.165, 1.54) is 16.7 Å². The molecule has 0 spiro atoms. The van der Waals surface area contributed by atoms with Crippen molar-refractivity contribution < 1.29 is 9.90 Å². The molecule has 0 aliphatic heterocycles. The molecule has 2 aromatic carbocycles. The number of hydrogen-bond acceptors (Lipinski definition) is 2. The maximum atomic E-state index is 12.0. The Morgan fingerprint density at radius 1 is 0.967 bits per heavy atom. The number of rotatable bonds is 9. The molecule has 0 fully saturated rings. The van der Waals surface area contributed by atoms with Crippen molar-refractivity contribution in [1.29, 1.82) is 0 Å². The smallest absolute Gasteiger partial charge is 0.337 e. The van der Waals surface area contributed by atoms with Gasteiger partial charge in [0, 0.05) is 36.1 Å². The van der Waals surface area contributed by atoms with E-state index in [1.54, 1.807) is 0 Å². The molecule has 1 unspecified atom stereocenters. The molecule has 1 aromatic heterocycles. The minimum Gasteiger partial charge on any atom is -0.478 e. The molecule has 0 aliphatic rings. The van der Waals surface area contributed by atoms with E-state index in [-0.39, 0.29) is 0 Å². The Kier molecular flexibility index (Phi) is 7.11. The average Bonchev–Trinajstić information content (AvgIpc) is 2.97. The van der Waals surface area contributed by atoms with E-state index in [1.807, 2.05) is 19.9 Å². The number of carboxylic acids is 1. The second-order valence-corrected chi connectivity index (χ2v) is 8.21. The molecular weight excluding hydrogens is 372 g/mol. The molecule has 0 saturated heterocycles. The number of aromatic carboxylic acids is 1. The molecule has 1 atom stereocenters. The van der Waals surface area contributed by atoms with Crippen molar-refractivity contribution in [2.45, 2.75) is 59.7 Å². The first kappa shape index (κ1) is 21.8. The molecule has 3 aromatic rings. The van der Waals surface area contributed by atoms with Gasteiger partial charge in [0.25, 0.3) is 0 Å². The number of carboxylic acid groups (broad SMARTS) is 1. The van der Waals surface area contributed by atoms with E-state index in [4.69, 9.17) is 0 Å². The summed E-state index contributed by atoms with van der Waals surface area (Å²) in [7, 11) is 0. The summed E-state index contributed by atoms with van der Waals surface area (Å²) in [5.74, 6) is -0.855. The van der Waals surface area contributed by atoms with Crippen LogP contribution in [0.3, 0.4) is 0 Å². The highest BCUT2D eigenvalue weighted by Gasteiger charge is 2.22. The number of nitrogens with one attached hydrogen (secondary N) is 1. The van der Waals surface area contributed by atoms with Crippen LogP contribution >= 0.6 is 0 Å². The Morgan fingerprint density at radius 2 is 1.63 bits per heavy atom. The fourth-order valence-corrected chi connectivity index (χ4v) is 3.97. The fourth-order valence-electron chi connectivity index (χ4n) is 3.97. The predicted molar refractivity (Wildman–Crippen MR) is 122 cm³/mol. The summed E-state index contributed by atoms with van der Waals surface area (Å²) in [5.41, 5.74) is 6.88. The topological polar surface area (TPSA) is 54.3 Å². The van der Waals surface area contributed by atoms with E-state index in [2.05, 4.69) is 72.3 Å². The van der Waals surface area contributed by atoms with Crippen molar-refractivity contribution >= 4 is 5.97 Å². The Balaban J connectivity index is 1.73. The molecule has 4 heteroatoms. The van der Waals surface area contributed by atoms with E-state index in [0.717, 1.165) is 29.8 Å². The van der Waals surface area contributed by atoms with Crippen LogP contribution in [0.15, 0.2) is 54.6 Å². The predicted octanol–water partition coefficient (Wildman–Crippen LogP) is 5.27. The molecule has 0 saturated carbocycles. The highest BCUT2D eigenvalue weighted by atomic mass is 16.4. The molecule has 0 radical (unpaired) electrons. The average molecular weight is 405 g/mol. The SMILES string of the molecule is Cc1ccc(Cn2c(C)c(CNC(C)CCc3ccccc3)c(C(=O)O)c2C)cc1. The normalized spacial score (nSPS) is 12.1. The van der Waals surface area contributed by atoms with E-state index in [0.29, 0.717) is 24.7 Å². The van der Waals surface area contributed by atoms with Gasteiger partial charge in [0.15, 0.2) is 0 Å². The van der Waals surface area contributed by atoms with Gasteiger partial charge < -0.3 is 15.0 Å². The number of hydrogen-bond donors (Lipinski definition) is 2. The van der Waals surface area contributed by atoms with Crippen molar-refractivity contribution in [3.63, 3.8) is 0 Å². The van der Waals surface area contributed by atoms with Crippen LogP contribution in [0, 0.1) is 20.8 Å². The van der Waals surface area contributed by atoms with Crippen LogP contribution in [0.25, 0.3) is 0 Å². The van der Waals surface area contributed by atoms with Crippen molar-refractivity contribution in [3.8, 4) is 0 Å². The lowest BCUT2D eigenvalue weighted by Gasteiger charge is -2.15. The zero-order chi connectivity index (χ0) is 21.7. The van der Waals surface area contributed by atoms with Gasteiger partial charge in [-0.05, 0) is 51.7 Å². The maximum absolute atomic E-state index is 12.0. The van der Waals surface area contributed by atoms with Crippen molar-refractivity contribution in [2.75, 3.05) is 0 Å². The first-order chi connectivity index (χ1) is 14.4. The van der Waals surface area contributed by atoms with Gasteiger partial charge in [-0.25, -0.2) is 4.79 Å². The van der Waals surface area contributed by atoms with Gasteiger partial charge in [-0.1, -0.05) is 60.2 Å². The van der Waals surface area contributed by atoms with Crippen LogP contribution in [0.4, 0.5) is 0 Å². The Hall–Kier alpha value is -2.85. The summed E-state index contributed by atoms with van der Waals surface area (Å²) in [6, 6.07) is 19.2. The molecular formula is C26H32N2O2. The van der Waals surface area contributed by atoms with Gasteiger partial charge in [0.05, 0.1) is 5.56 Å². The summed E-state index contributed by atoms with van der Waals surface area (Å²) in [5, 5.41) is 13.4. The number of nitrogens with zero attached hydrogens (tertiary/aromatic N) is 1. The highest BCUT2D eigenvalue weighted by molar-refractivity contribution is 5.91. The Bertz CT molecular complexity index is 988. The minimum atomic E-state index is -0.855. The van der Waals surface area contributed by atoms with Crippen LogP contribution in [-0.4, -0.2) is 21.7 Å². The van der Waals surface area contributed by atoms with Crippen LogP contribution < -0.4 is 5.32 Å². The second kappa shape index (κ2) is 9.77. The van der Waals surface area contributed by atoms with Gasteiger partial charge in [-0.15, -0.1) is 0 Å². The summed E-state index contributed by atoms with van der Waals surface area (Å²) < 4.78 is 2.12. The zero-order valence-electron chi connectivity index (χ0n) is 18.4. The van der Waals surface area contributed by atoms with Gasteiger partial charge >= 0.3 is 5.97 Å². The third-order valence-electron chi connectivity index (χ3n) is 5.92. The lowest BCUT2D eigenvalue weighted by molar-refractivity contribution is 0.0694. The van der Waals surface area contributed by atoms with Crippen LogP contribution in [-0.2, 0) is 19.5 Å². The number of benzene rings is 2. The lowest BCUT2D eigenvalue weighted by Crippen LogP contribution is -2.27. The summed E-state index contributed by atoms with van der Waals surface area (Å²) in [6.45, 7) is 9.41. The largest absolute Gasteiger partial charge is 0.478 e. The Morgan fingerprint density at radius 3 is 2.27 bits per heavy atom. The first-order valence-electron chi connectivity index (χ1n) is 10.6. The molecule has 4 nitrogen and oxygen atoms in total. The van der Waals surface area contributed by atoms with E-state index in [9.17, 15) is 9.90 Å². The second-order valence-electron chi connectivity index (χ2n) is 8.21. The monoisotopic (exact) mass is 404 g/mol. The third kappa shape index (κ3) is 5.19. The van der Waals surface area contributed by atoms with Crippen molar-refractivity contribution in [1.82, 2.24) is 9.88 Å². The zero-order valence-corrected chi connectivity index (χ0v) is 18.4. The van der Waals surface area contributed by atoms with Gasteiger partial charge in [0.1, 0.15) is 0 Å². The van der Waals surface area contributed by atoms with E-state index >= 15 is 0 Å². The molecule has 0 aliphatic carbocycles. The Labute approximate surface area is 179 Å². The molecule has 0 amide bonds. The standard InChI is InChI=1S/C26H32N2O2/c1-18-10-13-23(14-11-18)17-28-20(3)24(25(21(28)4)26(29)30)16-27-19(2)12-15-22-8-6-5-7-9-22/h5-11,13-14,19,27H,12,15-17H2,1-4H3,(H,29,30). The van der Waals surface area contributed by atoms with Crippen molar-refractivity contribution in [2.24, 2.45) is 0 Å². The molecule has 0 bridgehead atoms. The number of carbonyl (C=O) groups is 1. The maximum Gasteiger partial charge on any atom is 0.337 e. The van der Waals surface area contributed by atoms with Gasteiger partial charge in [0.2, 0.25) is 0 Å². The number of aryl methyl sites for hydroxylation is 2. The molecule has 2 N–H and O–H groups in total. The first-order valence-corrected chi connectivity index (χ1v) is 10.6. The van der Waals surface area contributed by atoms with Gasteiger partial charge in [-0.2, -0.15) is 0 Å². The number of aromatic nitrogens is 1. The summed E-state index contributed by atoms with van der Waals surface area (Å²) in [4.78, 5) is 12.0. The molecule has 158 valence electrons. The van der Waals surface area contributed by atoms with Crippen molar-refractivity contribution in [3.05, 3.63) is 93.8 Å². The molecule has 3 rings (SSSR count). The van der Waals surface area contributed by atoms with Gasteiger partial charge in [-0.3, -0.25) is 0 Å². The van der Waals surface area contributed by atoms with Crippen LogP contribution in [0.1, 0.15) is 57.3 Å².